The van der Waals surface area contributed by atoms with Gasteiger partial charge in [0.25, 0.3) is 5.56 Å². The highest BCUT2D eigenvalue weighted by molar-refractivity contribution is 7.90. The number of sulfone groups is 1. The molecule has 1 fully saturated rings. The number of nitrogens with zero attached hydrogens (tertiary/aromatic N) is 5. The first-order valence-corrected chi connectivity index (χ1v) is 12.2. The SMILES string of the molecule is Cn1c(S(C)(=O)=O)nc2c(C#N)c(N3CCCCC3)n(Cc3ccccc3Cl)c2c1=O. The van der Waals surface area contributed by atoms with Crippen LogP contribution in [-0.4, -0.2) is 41.9 Å². The summed E-state index contributed by atoms with van der Waals surface area (Å²) < 4.78 is 27.3. The molecule has 0 aliphatic carbocycles. The topological polar surface area (TPSA) is 101 Å². The molecule has 3 aromatic rings. The van der Waals surface area contributed by atoms with Crippen LogP contribution in [-0.2, 0) is 23.4 Å². The van der Waals surface area contributed by atoms with Gasteiger partial charge < -0.3 is 9.47 Å². The standard InChI is InChI=1S/C21H22ClN5O3S/c1-25-20(28)18-17(24-21(25)31(2,29)30)15(12-23)19(26-10-6-3-7-11-26)27(18)13-14-8-4-5-9-16(14)22/h4-5,8-9H,3,6-7,10-11,13H2,1-2H3. The van der Waals surface area contributed by atoms with E-state index in [4.69, 9.17) is 11.6 Å². The lowest BCUT2D eigenvalue weighted by molar-refractivity contribution is 0.564. The third kappa shape index (κ3) is 3.70. The van der Waals surface area contributed by atoms with Gasteiger partial charge in [0.2, 0.25) is 15.0 Å². The zero-order valence-electron chi connectivity index (χ0n) is 17.3. The van der Waals surface area contributed by atoms with Crippen molar-refractivity contribution < 1.29 is 8.42 Å². The Kier molecular flexibility index (Phi) is 5.54. The summed E-state index contributed by atoms with van der Waals surface area (Å²) in [7, 11) is -2.39. The maximum Gasteiger partial charge on any atom is 0.278 e. The highest BCUT2D eigenvalue weighted by Crippen LogP contribution is 2.33. The van der Waals surface area contributed by atoms with Crippen LogP contribution in [0.4, 0.5) is 5.82 Å². The van der Waals surface area contributed by atoms with Crippen LogP contribution < -0.4 is 10.5 Å². The van der Waals surface area contributed by atoms with E-state index in [-0.39, 0.29) is 28.3 Å². The summed E-state index contributed by atoms with van der Waals surface area (Å²) in [4.78, 5) is 19.7. The van der Waals surface area contributed by atoms with Crippen molar-refractivity contribution in [2.75, 3.05) is 24.2 Å². The molecule has 1 saturated heterocycles. The smallest absolute Gasteiger partial charge is 0.278 e. The molecule has 0 atom stereocenters. The monoisotopic (exact) mass is 459 g/mol. The zero-order valence-corrected chi connectivity index (χ0v) is 18.9. The Hall–Kier alpha value is -2.83. The molecule has 1 aliphatic heterocycles. The molecule has 0 amide bonds. The van der Waals surface area contributed by atoms with E-state index in [1.165, 1.54) is 7.05 Å². The van der Waals surface area contributed by atoms with Gasteiger partial charge in [-0.25, -0.2) is 13.4 Å². The van der Waals surface area contributed by atoms with Crippen molar-refractivity contribution >= 4 is 38.3 Å². The second-order valence-electron chi connectivity index (χ2n) is 7.76. The number of fused-ring (bicyclic) bond motifs is 1. The summed E-state index contributed by atoms with van der Waals surface area (Å²) >= 11 is 6.39. The number of rotatable bonds is 4. The first-order valence-electron chi connectivity index (χ1n) is 9.95. The summed E-state index contributed by atoms with van der Waals surface area (Å²) in [6.07, 6.45) is 4.04. The number of hydrogen-bond donors (Lipinski definition) is 0. The van der Waals surface area contributed by atoms with Crippen molar-refractivity contribution in [3.05, 3.63) is 50.8 Å². The molecule has 3 heterocycles. The number of nitriles is 1. The maximum absolute atomic E-state index is 13.3. The molecule has 0 saturated carbocycles. The molecule has 0 bridgehead atoms. The summed E-state index contributed by atoms with van der Waals surface area (Å²) in [6.45, 7) is 1.75. The van der Waals surface area contributed by atoms with Gasteiger partial charge in [-0.3, -0.25) is 9.36 Å². The van der Waals surface area contributed by atoms with Crippen LogP contribution in [0.5, 0.6) is 0 Å². The molecule has 10 heteroatoms. The van der Waals surface area contributed by atoms with Gasteiger partial charge in [-0.1, -0.05) is 29.8 Å². The van der Waals surface area contributed by atoms with Crippen LogP contribution in [0.3, 0.4) is 0 Å². The van der Waals surface area contributed by atoms with Gasteiger partial charge in [-0.05, 0) is 30.9 Å². The number of aromatic nitrogens is 3. The molecular weight excluding hydrogens is 438 g/mol. The van der Waals surface area contributed by atoms with Gasteiger partial charge in [-0.2, -0.15) is 5.26 Å². The van der Waals surface area contributed by atoms with Crippen LogP contribution in [0.1, 0.15) is 30.4 Å². The van der Waals surface area contributed by atoms with Gasteiger partial charge in [-0.15, -0.1) is 0 Å². The highest BCUT2D eigenvalue weighted by Gasteiger charge is 2.29. The Labute approximate surface area is 185 Å². The van der Waals surface area contributed by atoms with Crippen molar-refractivity contribution in [1.29, 1.82) is 5.26 Å². The number of piperidine rings is 1. The molecule has 4 rings (SSSR count). The van der Waals surface area contributed by atoms with E-state index in [0.717, 1.165) is 48.7 Å². The van der Waals surface area contributed by atoms with Gasteiger partial charge in [0.05, 0.1) is 6.54 Å². The first kappa shape index (κ1) is 21.4. The van der Waals surface area contributed by atoms with E-state index in [9.17, 15) is 18.5 Å². The van der Waals surface area contributed by atoms with Crippen molar-refractivity contribution in [2.45, 2.75) is 31.0 Å². The Morgan fingerprint density at radius 3 is 2.48 bits per heavy atom. The van der Waals surface area contributed by atoms with Gasteiger partial charge in [0.15, 0.2) is 0 Å². The van der Waals surface area contributed by atoms with Crippen molar-refractivity contribution in [1.82, 2.24) is 14.1 Å². The molecule has 0 spiro atoms. The average molecular weight is 460 g/mol. The fraction of sp³-hybridized carbons (Fsp3) is 0.381. The van der Waals surface area contributed by atoms with E-state index in [2.05, 4.69) is 16.0 Å². The van der Waals surface area contributed by atoms with E-state index in [0.29, 0.717) is 10.8 Å². The van der Waals surface area contributed by atoms with Gasteiger partial charge in [0.1, 0.15) is 28.5 Å². The molecule has 1 aliphatic rings. The summed E-state index contributed by atoms with van der Waals surface area (Å²) in [6, 6.07) is 9.50. The number of hydrogen-bond acceptors (Lipinski definition) is 6. The fourth-order valence-corrected chi connectivity index (χ4v) is 5.19. The van der Waals surface area contributed by atoms with E-state index < -0.39 is 15.4 Å². The van der Waals surface area contributed by atoms with Crippen LogP contribution in [0.25, 0.3) is 11.0 Å². The minimum atomic E-state index is -3.77. The summed E-state index contributed by atoms with van der Waals surface area (Å²) in [5.41, 5.74) is 0.799. The predicted molar refractivity (Wildman–Crippen MR) is 119 cm³/mol. The van der Waals surface area contributed by atoms with E-state index >= 15 is 0 Å². The summed E-state index contributed by atoms with van der Waals surface area (Å²) in [5.74, 6) is 0.590. The lowest BCUT2D eigenvalue weighted by Crippen LogP contribution is -2.32. The van der Waals surface area contributed by atoms with E-state index in [1.54, 1.807) is 10.6 Å². The van der Waals surface area contributed by atoms with Crippen LogP contribution in [0.15, 0.2) is 34.2 Å². The second-order valence-corrected chi connectivity index (χ2v) is 10.1. The maximum atomic E-state index is 13.3. The Morgan fingerprint density at radius 1 is 1.19 bits per heavy atom. The molecule has 162 valence electrons. The number of anilines is 1. The quantitative estimate of drug-likeness (QED) is 0.556. The minimum Gasteiger partial charge on any atom is -0.357 e. The highest BCUT2D eigenvalue weighted by atomic mass is 35.5. The van der Waals surface area contributed by atoms with Crippen LogP contribution >= 0.6 is 11.6 Å². The first-order chi connectivity index (χ1) is 14.7. The summed E-state index contributed by atoms with van der Waals surface area (Å²) in [5, 5.41) is 10.2. The molecule has 0 radical (unpaired) electrons. The number of benzene rings is 1. The van der Waals surface area contributed by atoms with Crippen molar-refractivity contribution in [3.8, 4) is 6.07 Å². The Morgan fingerprint density at radius 2 is 1.87 bits per heavy atom. The Bertz CT molecular complexity index is 1380. The third-order valence-corrected chi connectivity index (χ3v) is 6.99. The Balaban J connectivity index is 2.10. The largest absolute Gasteiger partial charge is 0.357 e. The molecule has 0 unspecified atom stereocenters. The second kappa shape index (κ2) is 8.02. The molecule has 2 aromatic heterocycles. The van der Waals surface area contributed by atoms with Crippen LogP contribution in [0.2, 0.25) is 5.02 Å². The van der Waals surface area contributed by atoms with Gasteiger partial charge >= 0.3 is 0 Å². The average Bonchev–Trinajstić information content (AvgIpc) is 3.05. The molecule has 8 nitrogen and oxygen atoms in total. The number of halogens is 1. The molecular formula is C21H22ClN5O3S. The van der Waals surface area contributed by atoms with E-state index in [1.807, 2.05) is 18.2 Å². The third-order valence-electron chi connectivity index (χ3n) is 5.60. The minimum absolute atomic E-state index is 0.110. The lowest BCUT2D eigenvalue weighted by Gasteiger charge is -2.30. The van der Waals surface area contributed by atoms with Gasteiger partial charge in [0, 0.05) is 31.4 Å². The molecule has 31 heavy (non-hydrogen) atoms. The lowest BCUT2D eigenvalue weighted by atomic mass is 10.1. The molecule has 1 aromatic carbocycles. The normalized spacial score (nSPS) is 14.7. The van der Waals surface area contributed by atoms with Crippen LogP contribution in [0, 0.1) is 11.3 Å². The fourth-order valence-electron chi connectivity index (χ4n) is 4.15. The van der Waals surface area contributed by atoms with Crippen molar-refractivity contribution in [3.63, 3.8) is 0 Å². The zero-order chi connectivity index (χ0) is 22.3. The van der Waals surface area contributed by atoms with Crippen molar-refractivity contribution in [2.24, 2.45) is 7.05 Å². The predicted octanol–water partition coefficient (Wildman–Crippen LogP) is 2.70. The molecule has 0 N–H and O–H groups in total.